The van der Waals surface area contributed by atoms with E-state index >= 15 is 0 Å². The summed E-state index contributed by atoms with van der Waals surface area (Å²) in [5.74, 6) is 1.96. The number of nitrogens with zero attached hydrogens (tertiary/aromatic N) is 3. The van der Waals surface area contributed by atoms with Crippen molar-refractivity contribution in [2.45, 2.75) is 39.3 Å². The topological polar surface area (TPSA) is 88.1 Å². The lowest BCUT2D eigenvalue weighted by atomic mass is 10.1. The van der Waals surface area contributed by atoms with Gasteiger partial charge in [-0.15, -0.1) is 24.0 Å². The average molecular weight is 569 g/mol. The highest BCUT2D eigenvalue weighted by Crippen LogP contribution is 2.15. The smallest absolute Gasteiger partial charge is 0.241 e. The van der Waals surface area contributed by atoms with Crippen LogP contribution >= 0.6 is 24.0 Å². The summed E-state index contributed by atoms with van der Waals surface area (Å²) in [4.78, 5) is 22.5. The molecule has 1 amide bonds. The number of benzene rings is 1. The van der Waals surface area contributed by atoms with E-state index in [2.05, 4.69) is 20.6 Å². The van der Waals surface area contributed by atoms with Crippen LogP contribution in [0.25, 0.3) is 0 Å². The summed E-state index contributed by atoms with van der Waals surface area (Å²) < 4.78 is 11.0. The lowest BCUT2D eigenvalue weighted by Crippen LogP contribution is -2.43. The monoisotopic (exact) mass is 569 g/mol. The Morgan fingerprint density at radius 2 is 1.73 bits per heavy atom. The molecule has 1 heterocycles. The standard InChI is InChI=1S/C24H35N5O3.HI/c1-24(2,3)32-21-12-9-19(15-26-21)16-27-23(28-17-22(30)29(4)5)25-14-13-18-7-10-20(31-6)11-8-18;/h7-12,15H,13-14,16-17H2,1-6H3,(H2,25,27,28);1H. The third kappa shape index (κ3) is 11.2. The second-order valence-corrected chi connectivity index (χ2v) is 8.55. The summed E-state index contributed by atoms with van der Waals surface area (Å²) >= 11 is 0. The Morgan fingerprint density at radius 3 is 2.27 bits per heavy atom. The number of methoxy groups -OCH3 is 1. The number of nitrogens with one attached hydrogen (secondary N) is 2. The lowest BCUT2D eigenvalue weighted by molar-refractivity contribution is -0.127. The van der Waals surface area contributed by atoms with E-state index in [9.17, 15) is 4.79 Å². The number of amides is 1. The quantitative estimate of drug-likeness (QED) is 0.274. The van der Waals surface area contributed by atoms with Gasteiger partial charge in [-0.3, -0.25) is 4.79 Å². The summed E-state index contributed by atoms with van der Waals surface area (Å²) in [5, 5.41) is 6.40. The molecule has 0 spiro atoms. The van der Waals surface area contributed by atoms with Crippen LogP contribution in [0.5, 0.6) is 11.6 Å². The molecule has 2 aromatic rings. The first kappa shape index (κ1) is 28.5. The minimum Gasteiger partial charge on any atom is -0.497 e. The lowest BCUT2D eigenvalue weighted by Gasteiger charge is -2.20. The van der Waals surface area contributed by atoms with E-state index in [1.165, 1.54) is 5.56 Å². The number of carbonyl (C=O) groups is 1. The van der Waals surface area contributed by atoms with Crippen LogP contribution in [-0.2, 0) is 17.8 Å². The van der Waals surface area contributed by atoms with Gasteiger partial charge in [0.1, 0.15) is 11.4 Å². The van der Waals surface area contributed by atoms with Gasteiger partial charge in [-0.05, 0) is 50.5 Å². The molecule has 0 fully saturated rings. The molecular formula is C24H36IN5O3. The van der Waals surface area contributed by atoms with Crippen molar-refractivity contribution in [3.05, 3.63) is 53.7 Å². The molecule has 0 radical (unpaired) electrons. The van der Waals surface area contributed by atoms with E-state index in [1.807, 2.05) is 57.2 Å². The van der Waals surface area contributed by atoms with Crippen molar-refractivity contribution in [2.75, 3.05) is 34.3 Å². The van der Waals surface area contributed by atoms with Crippen LogP contribution in [0.15, 0.2) is 47.6 Å². The number of pyridine rings is 1. The molecule has 33 heavy (non-hydrogen) atoms. The van der Waals surface area contributed by atoms with Gasteiger partial charge in [-0.25, -0.2) is 9.98 Å². The van der Waals surface area contributed by atoms with Gasteiger partial charge in [0.05, 0.1) is 20.2 Å². The van der Waals surface area contributed by atoms with Crippen molar-refractivity contribution in [3.8, 4) is 11.6 Å². The van der Waals surface area contributed by atoms with Crippen LogP contribution in [0, 0.1) is 0 Å². The number of carbonyl (C=O) groups excluding carboxylic acids is 1. The molecule has 182 valence electrons. The predicted molar refractivity (Wildman–Crippen MR) is 143 cm³/mol. The Balaban J connectivity index is 0.00000544. The van der Waals surface area contributed by atoms with Crippen molar-refractivity contribution in [1.82, 2.24) is 20.5 Å². The van der Waals surface area contributed by atoms with Crippen LogP contribution in [0.3, 0.4) is 0 Å². The Morgan fingerprint density at radius 1 is 1.06 bits per heavy atom. The molecule has 2 N–H and O–H groups in total. The van der Waals surface area contributed by atoms with Crippen LogP contribution in [-0.4, -0.2) is 61.6 Å². The summed E-state index contributed by atoms with van der Waals surface area (Å²) in [6, 6.07) is 11.7. The number of aromatic nitrogens is 1. The summed E-state index contributed by atoms with van der Waals surface area (Å²) in [5.41, 5.74) is 1.83. The molecule has 0 saturated heterocycles. The number of ether oxygens (including phenoxy) is 2. The zero-order chi connectivity index (χ0) is 23.6. The maximum absolute atomic E-state index is 12.0. The fourth-order valence-electron chi connectivity index (χ4n) is 2.66. The molecule has 0 aliphatic heterocycles. The summed E-state index contributed by atoms with van der Waals surface area (Å²) in [6.45, 7) is 7.21. The molecule has 9 heteroatoms. The second-order valence-electron chi connectivity index (χ2n) is 8.55. The highest BCUT2D eigenvalue weighted by Gasteiger charge is 2.12. The molecule has 0 aliphatic rings. The molecule has 2 rings (SSSR count). The Labute approximate surface area is 214 Å². The van der Waals surface area contributed by atoms with Crippen LogP contribution in [0.1, 0.15) is 31.9 Å². The van der Waals surface area contributed by atoms with E-state index in [0.717, 1.165) is 17.7 Å². The minimum absolute atomic E-state index is 0. The van der Waals surface area contributed by atoms with E-state index in [1.54, 1.807) is 32.3 Å². The molecule has 0 saturated carbocycles. The largest absolute Gasteiger partial charge is 0.497 e. The fourth-order valence-corrected chi connectivity index (χ4v) is 2.66. The van der Waals surface area contributed by atoms with E-state index in [0.29, 0.717) is 24.9 Å². The van der Waals surface area contributed by atoms with Crippen molar-refractivity contribution in [2.24, 2.45) is 4.99 Å². The van der Waals surface area contributed by atoms with Gasteiger partial charge in [-0.2, -0.15) is 0 Å². The van der Waals surface area contributed by atoms with E-state index < -0.39 is 0 Å². The molecule has 0 bridgehead atoms. The normalized spacial score (nSPS) is 11.3. The van der Waals surface area contributed by atoms with Crippen molar-refractivity contribution < 1.29 is 14.3 Å². The number of halogens is 1. The van der Waals surface area contributed by atoms with Crippen LogP contribution in [0.4, 0.5) is 0 Å². The molecule has 0 aliphatic carbocycles. The highest BCUT2D eigenvalue weighted by molar-refractivity contribution is 14.0. The number of aliphatic imine (C=N–C) groups is 1. The van der Waals surface area contributed by atoms with Gasteiger partial charge < -0.3 is 25.0 Å². The van der Waals surface area contributed by atoms with E-state index in [4.69, 9.17) is 9.47 Å². The number of hydrogen-bond donors (Lipinski definition) is 2. The molecule has 0 atom stereocenters. The molecule has 1 aromatic carbocycles. The van der Waals surface area contributed by atoms with Crippen molar-refractivity contribution >= 4 is 35.8 Å². The Hall–Kier alpha value is -2.56. The predicted octanol–water partition coefficient (Wildman–Crippen LogP) is 3.25. The highest BCUT2D eigenvalue weighted by atomic mass is 127. The Kier molecular flexibility index (Phi) is 12.0. The first-order valence-corrected chi connectivity index (χ1v) is 10.7. The van der Waals surface area contributed by atoms with Gasteiger partial charge >= 0.3 is 0 Å². The molecule has 1 aromatic heterocycles. The van der Waals surface area contributed by atoms with Gasteiger partial charge in [0, 0.05) is 32.9 Å². The number of rotatable bonds is 9. The first-order chi connectivity index (χ1) is 15.2. The van der Waals surface area contributed by atoms with Crippen LogP contribution in [0.2, 0.25) is 0 Å². The van der Waals surface area contributed by atoms with Gasteiger partial charge in [0.25, 0.3) is 0 Å². The second kappa shape index (κ2) is 13.9. The maximum Gasteiger partial charge on any atom is 0.241 e. The first-order valence-electron chi connectivity index (χ1n) is 10.7. The van der Waals surface area contributed by atoms with Gasteiger partial charge in [0.15, 0.2) is 5.96 Å². The SMILES string of the molecule is COc1ccc(CCNC(=NCc2ccc(OC(C)(C)C)nc2)NCC(=O)N(C)C)cc1.I. The number of hydrogen-bond acceptors (Lipinski definition) is 5. The summed E-state index contributed by atoms with van der Waals surface area (Å²) in [6.07, 6.45) is 2.57. The van der Waals surface area contributed by atoms with E-state index in [-0.39, 0.29) is 42.0 Å². The summed E-state index contributed by atoms with van der Waals surface area (Å²) in [7, 11) is 5.11. The van der Waals surface area contributed by atoms with Gasteiger partial charge in [-0.1, -0.05) is 18.2 Å². The average Bonchev–Trinajstić information content (AvgIpc) is 2.75. The number of guanidine groups is 1. The van der Waals surface area contributed by atoms with Crippen molar-refractivity contribution in [1.29, 1.82) is 0 Å². The maximum atomic E-state index is 12.0. The van der Waals surface area contributed by atoms with Gasteiger partial charge in [0.2, 0.25) is 11.8 Å². The molecule has 0 unspecified atom stereocenters. The Bertz CT molecular complexity index is 878. The molecular weight excluding hydrogens is 533 g/mol. The third-order valence-corrected chi connectivity index (χ3v) is 4.40. The molecule has 8 nitrogen and oxygen atoms in total. The van der Waals surface area contributed by atoms with Crippen molar-refractivity contribution in [3.63, 3.8) is 0 Å². The zero-order valence-corrected chi connectivity index (χ0v) is 22.7. The number of likely N-dealkylation sites (N-methyl/N-ethyl adjacent to an activating group) is 1. The minimum atomic E-state index is -0.295. The fraction of sp³-hybridized carbons (Fsp3) is 0.458. The van der Waals surface area contributed by atoms with Crippen LogP contribution < -0.4 is 20.1 Å². The third-order valence-electron chi connectivity index (χ3n) is 4.40. The zero-order valence-electron chi connectivity index (χ0n) is 20.3.